The molecular weight excluding hydrogens is 284 g/mol. The van der Waals surface area contributed by atoms with E-state index in [4.69, 9.17) is 4.42 Å². The summed E-state index contributed by atoms with van der Waals surface area (Å²) in [6, 6.07) is 1.73. The number of aldehydes is 1. The Hall–Kier alpha value is -1.29. The molecular formula is C13H11BrO3. The number of benzene rings is 1. The van der Waals surface area contributed by atoms with Crippen molar-refractivity contribution >= 4 is 33.2 Å². The first-order chi connectivity index (χ1) is 8.22. The summed E-state index contributed by atoms with van der Waals surface area (Å²) in [5.74, 6) is 0.966. The van der Waals surface area contributed by atoms with Gasteiger partial charge in [0.1, 0.15) is 17.1 Å². The molecule has 88 valence electrons. The van der Waals surface area contributed by atoms with Crippen LogP contribution in [0, 0.1) is 0 Å². The lowest BCUT2D eigenvalue weighted by molar-refractivity contribution is 0.112. The van der Waals surface area contributed by atoms with E-state index in [0.717, 1.165) is 42.4 Å². The number of phenolic OH excluding ortho intramolecular Hbond substituents is 1. The number of aryl methyl sites for hydroxylation is 2. The zero-order valence-electron chi connectivity index (χ0n) is 9.12. The van der Waals surface area contributed by atoms with Crippen LogP contribution in [-0.4, -0.2) is 11.4 Å². The minimum absolute atomic E-state index is 0.00155. The first-order valence-electron chi connectivity index (χ1n) is 5.63. The van der Waals surface area contributed by atoms with Crippen molar-refractivity contribution in [2.45, 2.75) is 25.7 Å². The number of carbonyl (C=O) groups excluding carboxylic acids is 1. The van der Waals surface area contributed by atoms with Gasteiger partial charge in [0.15, 0.2) is 6.29 Å². The molecule has 0 amide bonds. The van der Waals surface area contributed by atoms with Gasteiger partial charge in [0.2, 0.25) is 0 Å². The van der Waals surface area contributed by atoms with Crippen molar-refractivity contribution in [3.8, 4) is 5.75 Å². The van der Waals surface area contributed by atoms with Crippen LogP contribution in [-0.2, 0) is 12.8 Å². The molecule has 4 heteroatoms. The minimum Gasteiger partial charge on any atom is -0.506 e. The van der Waals surface area contributed by atoms with E-state index in [0.29, 0.717) is 21.9 Å². The van der Waals surface area contributed by atoms with Gasteiger partial charge in [-0.2, -0.15) is 0 Å². The molecule has 17 heavy (non-hydrogen) atoms. The molecule has 1 heterocycles. The Labute approximate surface area is 107 Å². The number of phenols is 1. The Morgan fingerprint density at radius 3 is 2.88 bits per heavy atom. The molecule has 1 aliphatic carbocycles. The average molecular weight is 295 g/mol. The molecule has 3 rings (SSSR count). The van der Waals surface area contributed by atoms with Gasteiger partial charge < -0.3 is 9.52 Å². The van der Waals surface area contributed by atoms with E-state index in [9.17, 15) is 9.90 Å². The quantitative estimate of drug-likeness (QED) is 0.818. The van der Waals surface area contributed by atoms with E-state index in [1.54, 1.807) is 6.07 Å². The summed E-state index contributed by atoms with van der Waals surface area (Å²) in [6.07, 6.45) is 4.77. The van der Waals surface area contributed by atoms with Gasteiger partial charge >= 0.3 is 0 Å². The van der Waals surface area contributed by atoms with E-state index in [1.165, 1.54) is 0 Å². The highest BCUT2D eigenvalue weighted by atomic mass is 79.9. The molecule has 0 fully saturated rings. The van der Waals surface area contributed by atoms with E-state index in [-0.39, 0.29) is 5.75 Å². The van der Waals surface area contributed by atoms with Crippen LogP contribution in [0.5, 0.6) is 5.75 Å². The third-order valence-corrected chi connectivity index (χ3v) is 3.93. The fourth-order valence-corrected chi connectivity index (χ4v) is 2.95. The second kappa shape index (κ2) is 3.88. The summed E-state index contributed by atoms with van der Waals surface area (Å²) in [7, 11) is 0. The zero-order chi connectivity index (χ0) is 12.0. The predicted octanol–water partition coefficient (Wildman–Crippen LogP) is 3.59. The number of aromatic hydroxyl groups is 1. The van der Waals surface area contributed by atoms with Gasteiger partial charge in [-0.1, -0.05) is 0 Å². The maximum atomic E-state index is 11.2. The third-order valence-electron chi connectivity index (χ3n) is 3.32. The predicted molar refractivity (Wildman–Crippen MR) is 67.6 cm³/mol. The van der Waals surface area contributed by atoms with Crippen molar-refractivity contribution in [1.29, 1.82) is 0 Å². The highest BCUT2D eigenvalue weighted by molar-refractivity contribution is 9.10. The minimum atomic E-state index is 0.00155. The van der Waals surface area contributed by atoms with Crippen molar-refractivity contribution in [2.24, 2.45) is 0 Å². The van der Waals surface area contributed by atoms with Crippen molar-refractivity contribution in [3.05, 3.63) is 27.4 Å². The molecule has 3 nitrogen and oxygen atoms in total. The number of rotatable bonds is 1. The topological polar surface area (TPSA) is 50.4 Å². The highest BCUT2D eigenvalue weighted by Gasteiger charge is 2.22. The van der Waals surface area contributed by atoms with Crippen molar-refractivity contribution in [2.75, 3.05) is 0 Å². The largest absolute Gasteiger partial charge is 0.506 e. The molecule has 0 atom stereocenters. The molecule has 0 saturated carbocycles. The summed E-state index contributed by atoms with van der Waals surface area (Å²) >= 11 is 3.23. The standard InChI is InChI=1S/C13H11BrO3/c14-9-5-11-12(8(6-15)13(9)16)7-3-1-2-4-10(7)17-11/h5-6,16H,1-4H2. The molecule has 0 radical (unpaired) electrons. The average Bonchev–Trinajstić information content (AvgIpc) is 2.69. The van der Waals surface area contributed by atoms with Crippen LogP contribution < -0.4 is 0 Å². The molecule has 1 aliphatic rings. The monoisotopic (exact) mass is 294 g/mol. The van der Waals surface area contributed by atoms with Crippen LogP contribution >= 0.6 is 15.9 Å². The lowest BCUT2D eigenvalue weighted by Gasteiger charge is -2.09. The summed E-state index contributed by atoms with van der Waals surface area (Å²) in [4.78, 5) is 11.2. The van der Waals surface area contributed by atoms with E-state index in [1.807, 2.05) is 0 Å². The highest BCUT2D eigenvalue weighted by Crippen LogP contribution is 2.40. The Kier molecular flexibility index (Phi) is 2.47. The number of carbonyl (C=O) groups is 1. The molecule has 1 N–H and O–H groups in total. The van der Waals surface area contributed by atoms with Crippen LogP contribution in [0.3, 0.4) is 0 Å². The van der Waals surface area contributed by atoms with E-state index < -0.39 is 0 Å². The molecule has 0 unspecified atom stereocenters. The van der Waals surface area contributed by atoms with Crippen LogP contribution in [0.4, 0.5) is 0 Å². The summed E-state index contributed by atoms with van der Waals surface area (Å²) in [5.41, 5.74) is 2.11. The molecule has 0 aliphatic heterocycles. The van der Waals surface area contributed by atoms with Crippen LogP contribution in [0.15, 0.2) is 15.0 Å². The smallest absolute Gasteiger partial charge is 0.154 e. The Morgan fingerprint density at radius 2 is 2.12 bits per heavy atom. The Balaban J connectivity index is 2.43. The second-order valence-electron chi connectivity index (χ2n) is 4.32. The van der Waals surface area contributed by atoms with Crippen molar-refractivity contribution < 1.29 is 14.3 Å². The van der Waals surface area contributed by atoms with Crippen molar-refractivity contribution in [1.82, 2.24) is 0 Å². The summed E-state index contributed by atoms with van der Waals surface area (Å²) in [6.45, 7) is 0. The van der Waals surface area contributed by atoms with Crippen LogP contribution in [0.1, 0.15) is 34.5 Å². The first-order valence-corrected chi connectivity index (χ1v) is 6.42. The van der Waals surface area contributed by atoms with Gasteiger partial charge in [-0.3, -0.25) is 4.79 Å². The summed E-state index contributed by atoms with van der Waals surface area (Å²) < 4.78 is 6.27. The molecule has 0 bridgehead atoms. The Bertz CT molecular complexity index is 613. The molecule has 2 aromatic rings. The van der Waals surface area contributed by atoms with Gasteiger partial charge in [-0.05, 0) is 41.3 Å². The van der Waals surface area contributed by atoms with Gasteiger partial charge in [0, 0.05) is 17.4 Å². The molecule has 1 aromatic carbocycles. The maximum absolute atomic E-state index is 11.2. The SMILES string of the molecule is O=Cc1c(O)c(Br)cc2oc3c(c12)CCCC3. The van der Waals surface area contributed by atoms with Gasteiger partial charge in [-0.15, -0.1) is 0 Å². The van der Waals surface area contributed by atoms with E-state index >= 15 is 0 Å². The zero-order valence-corrected chi connectivity index (χ0v) is 10.7. The fraction of sp³-hybridized carbons (Fsp3) is 0.308. The number of hydrogen-bond acceptors (Lipinski definition) is 3. The Morgan fingerprint density at radius 1 is 1.35 bits per heavy atom. The molecule has 0 saturated heterocycles. The van der Waals surface area contributed by atoms with Crippen molar-refractivity contribution in [3.63, 3.8) is 0 Å². The van der Waals surface area contributed by atoms with Gasteiger partial charge in [0.25, 0.3) is 0 Å². The lowest BCUT2D eigenvalue weighted by Crippen LogP contribution is -1.99. The van der Waals surface area contributed by atoms with Gasteiger partial charge in [-0.25, -0.2) is 0 Å². The number of furan rings is 1. The maximum Gasteiger partial charge on any atom is 0.154 e. The van der Waals surface area contributed by atoms with Crippen LogP contribution in [0.25, 0.3) is 11.0 Å². The second-order valence-corrected chi connectivity index (χ2v) is 5.18. The third kappa shape index (κ3) is 1.51. The van der Waals surface area contributed by atoms with Crippen LogP contribution in [0.2, 0.25) is 0 Å². The fourth-order valence-electron chi connectivity index (χ4n) is 2.53. The number of hydrogen-bond donors (Lipinski definition) is 1. The summed E-state index contributed by atoms with van der Waals surface area (Å²) in [5, 5.41) is 10.7. The van der Waals surface area contributed by atoms with E-state index in [2.05, 4.69) is 15.9 Å². The number of fused-ring (bicyclic) bond motifs is 3. The van der Waals surface area contributed by atoms with Gasteiger partial charge in [0.05, 0.1) is 10.0 Å². The first kappa shape index (κ1) is 10.8. The molecule has 0 spiro atoms. The normalized spacial score (nSPS) is 14.9. The lowest BCUT2D eigenvalue weighted by atomic mass is 9.94. The molecule has 1 aromatic heterocycles. The number of halogens is 1.